The third-order valence-electron chi connectivity index (χ3n) is 2.28. The summed E-state index contributed by atoms with van der Waals surface area (Å²) in [4.78, 5) is 4.10. The normalized spacial score (nSPS) is 8.84. The fraction of sp³-hybridized carbons (Fsp3) is 0.250. The van der Waals surface area contributed by atoms with Crippen molar-refractivity contribution in [3.63, 3.8) is 0 Å². The maximum absolute atomic E-state index is 4.10. The van der Waals surface area contributed by atoms with Crippen molar-refractivity contribution in [3.8, 4) is 11.8 Å². The van der Waals surface area contributed by atoms with Gasteiger partial charge in [-0.2, -0.15) is 5.10 Å². The standard InChI is InChI=1S/C14H13N3.C2H6/c1-10(2)14-13(9-16-17-14)5-4-12-6-11(3)7-15-8-12;1-2/h6-9H,1H2,2-3H3,(H,16,17);1-2H3. The van der Waals surface area contributed by atoms with Gasteiger partial charge in [-0.3, -0.25) is 10.1 Å². The molecule has 0 spiro atoms. The highest BCUT2D eigenvalue weighted by Crippen LogP contribution is 2.12. The third kappa shape index (κ3) is 4.11. The van der Waals surface area contributed by atoms with Crippen LogP contribution in [0.2, 0.25) is 0 Å². The highest BCUT2D eigenvalue weighted by atomic mass is 15.1. The first-order valence-corrected chi connectivity index (χ1v) is 6.30. The summed E-state index contributed by atoms with van der Waals surface area (Å²) in [6, 6.07) is 2.00. The largest absolute Gasteiger partial charge is 0.277 e. The molecule has 0 aliphatic carbocycles. The van der Waals surface area contributed by atoms with Crippen LogP contribution >= 0.6 is 0 Å². The molecule has 0 atom stereocenters. The van der Waals surface area contributed by atoms with Crippen LogP contribution in [0.1, 0.15) is 43.2 Å². The summed E-state index contributed by atoms with van der Waals surface area (Å²) >= 11 is 0. The van der Waals surface area contributed by atoms with Gasteiger partial charge in [0.05, 0.1) is 17.5 Å². The minimum Gasteiger partial charge on any atom is -0.277 e. The Morgan fingerprint density at radius 3 is 2.58 bits per heavy atom. The predicted molar refractivity (Wildman–Crippen MR) is 79.6 cm³/mol. The number of rotatable bonds is 1. The molecular formula is C16H19N3. The summed E-state index contributed by atoms with van der Waals surface area (Å²) in [5.74, 6) is 6.14. The van der Waals surface area contributed by atoms with E-state index in [1.54, 1.807) is 12.4 Å². The SMILES string of the molecule is C=C(C)c1[nH]ncc1C#Cc1cncc(C)c1.CC. The van der Waals surface area contributed by atoms with Crippen LogP contribution in [0.15, 0.2) is 31.2 Å². The summed E-state index contributed by atoms with van der Waals surface area (Å²) in [5.41, 5.74) is 4.68. The van der Waals surface area contributed by atoms with Gasteiger partial charge in [0.25, 0.3) is 0 Å². The fourth-order valence-electron chi connectivity index (χ4n) is 1.47. The van der Waals surface area contributed by atoms with E-state index >= 15 is 0 Å². The lowest BCUT2D eigenvalue weighted by Crippen LogP contribution is -1.83. The summed E-state index contributed by atoms with van der Waals surface area (Å²) in [5, 5.41) is 6.85. The van der Waals surface area contributed by atoms with E-state index in [4.69, 9.17) is 0 Å². The van der Waals surface area contributed by atoms with E-state index in [0.29, 0.717) is 0 Å². The second-order valence-corrected chi connectivity index (χ2v) is 3.94. The second-order valence-electron chi connectivity index (χ2n) is 3.94. The van der Waals surface area contributed by atoms with Crippen LogP contribution in [0, 0.1) is 18.8 Å². The lowest BCUT2D eigenvalue weighted by atomic mass is 10.1. The van der Waals surface area contributed by atoms with Gasteiger partial charge in [-0.1, -0.05) is 32.3 Å². The Hall–Kier alpha value is -2.34. The number of pyridine rings is 1. The van der Waals surface area contributed by atoms with Crippen molar-refractivity contribution in [2.75, 3.05) is 0 Å². The number of nitrogens with one attached hydrogen (secondary N) is 1. The van der Waals surface area contributed by atoms with Crippen molar-refractivity contribution in [1.82, 2.24) is 15.2 Å². The number of hydrogen-bond acceptors (Lipinski definition) is 2. The van der Waals surface area contributed by atoms with E-state index in [1.165, 1.54) is 0 Å². The highest BCUT2D eigenvalue weighted by molar-refractivity contribution is 5.64. The molecule has 98 valence electrons. The molecule has 3 heteroatoms. The first-order valence-electron chi connectivity index (χ1n) is 6.30. The molecule has 0 saturated carbocycles. The van der Waals surface area contributed by atoms with Gasteiger partial charge < -0.3 is 0 Å². The van der Waals surface area contributed by atoms with E-state index < -0.39 is 0 Å². The summed E-state index contributed by atoms with van der Waals surface area (Å²) < 4.78 is 0. The molecule has 0 fully saturated rings. The maximum Gasteiger partial charge on any atom is 0.0757 e. The quantitative estimate of drug-likeness (QED) is 0.789. The fourth-order valence-corrected chi connectivity index (χ4v) is 1.47. The molecule has 2 heterocycles. The Morgan fingerprint density at radius 1 is 1.21 bits per heavy atom. The molecule has 0 unspecified atom stereocenters. The zero-order valence-corrected chi connectivity index (χ0v) is 11.9. The molecular weight excluding hydrogens is 234 g/mol. The van der Waals surface area contributed by atoms with Crippen molar-refractivity contribution >= 4 is 5.57 Å². The van der Waals surface area contributed by atoms with Gasteiger partial charge in [0.15, 0.2) is 0 Å². The van der Waals surface area contributed by atoms with Crippen molar-refractivity contribution < 1.29 is 0 Å². The van der Waals surface area contributed by atoms with Crippen LogP contribution in [-0.2, 0) is 0 Å². The molecule has 2 rings (SSSR count). The Balaban J connectivity index is 0.000000861. The van der Waals surface area contributed by atoms with Gasteiger partial charge in [0.1, 0.15) is 0 Å². The van der Waals surface area contributed by atoms with Gasteiger partial charge in [0.2, 0.25) is 0 Å². The molecule has 1 N–H and O–H groups in total. The minimum absolute atomic E-state index is 0.860. The third-order valence-corrected chi connectivity index (χ3v) is 2.28. The topological polar surface area (TPSA) is 41.6 Å². The summed E-state index contributed by atoms with van der Waals surface area (Å²) in [7, 11) is 0. The van der Waals surface area contributed by atoms with Crippen LogP contribution < -0.4 is 0 Å². The molecule has 2 aromatic heterocycles. The Labute approximate surface area is 114 Å². The molecule has 2 aromatic rings. The van der Waals surface area contributed by atoms with Crippen molar-refractivity contribution in [2.45, 2.75) is 27.7 Å². The zero-order chi connectivity index (χ0) is 14.3. The van der Waals surface area contributed by atoms with E-state index in [2.05, 4.69) is 33.6 Å². The van der Waals surface area contributed by atoms with Crippen LogP contribution in [0.5, 0.6) is 0 Å². The molecule has 3 nitrogen and oxygen atoms in total. The van der Waals surface area contributed by atoms with Crippen molar-refractivity contribution in [3.05, 3.63) is 53.6 Å². The highest BCUT2D eigenvalue weighted by Gasteiger charge is 2.01. The number of aromatic amines is 1. The molecule has 0 aliphatic heterocycles. The van der Waals surface area contributed by atoms with Crippen LogP contribution in [0.3, 0.4) is 0 Å². The van der Waals surface area contributed by atoms with Gasteiger partial charge in [0, 0.05) is 18.0 Å². The number of aryl methyl sites for hydroxylation is 1. The van der Waals surface area contributed by atoms with Crippen LogP contribution in [-0.4, -0.2) is 15.2 Å². The number of allylic oxidation sites excluding steroid dienone is 1. The maximum atomic E-state index is 4.10. The monoisotopic (exact) mass is 253 g/mol. The molecule has 0 saturated heterocycles. The first kappa shape index (κ1) is 14.7. The smallest absolute Gasteiger partial charge is 0.0757 e. The molecule has 0 bridgehead atoms. The Morgan fingerprint density at radius 2 is 1.95 bits per heavy atom. The predicted octanol–water partition coefficient (Wildman–Crippen LogP) is 3.57. The van der Waals surface area contributed by atoms with E-state index in [9.17, 15) is 0 Å². The molecule has 0 amide bonds. The van der Waals surface area contributed by atoms with Crippen molar-refractivity contribution in [2.24, 2.45) is 0 Å². The Bertz CT molecular complexity index is 612. The number of nitrogens with zero attached hydrogens (tertiary/aromatic N) is 2. The summed E-state index contributed by atoms with van der Waals surface area (Å²) in [6.07, 6.45) is 5.27. The van der Waals surface area contributed by atoms with Crippen LogP contribution in [0.4, 0.5) is 0 Å². The van der Waals surface area contributed by atoms with Crippen molar-refractivity contribution in [1.29, 1.82) is 0 Å². The molecule has 0 aliphatic rings. The van der Waals surface area contributed by atoms with E-state index in [-0.39, 0.29) is 0 Å². The molecule has 0 aromatic carbocycles. The zero-order valence-electron chi connectivity index (χ0n) is 11.9. The molecule has 19 heavy (non-hydrogen) atoms. The second kappa shape index (κ2) is 7.17. The first-order chi connectivity index (χ1) is 9.16. The lowest BCUT2D eigenvalue weighted by molar-refractivity contribution is 1.07. The van der Waals surface area contributed by atoms with E-state index in [1.807, 2.05) is 40.0 Å². The summed E-state index contributed by atoms with van der Waals surface area (Å²) in [6.45, 7) is 11.8. The number of H-pyrrole nitrogens is 1. The van der Waals surface area contributed by atoms with Gasteiger partial charge >= 0.3 is 0 Å². The lowest BCUT2D eigenvalue weighted by Gasteiger charge is -1.94. The Kier molecular flexibility index (Phi) is 5.56. The average Bonchev–Trinajstić information content (AvgIpc) is 2.87. The molecule has 0 radical (unpaired) electrons. The van der Waals surface area contributed by atoms with Gasteiger partial charge in [-0.05, 0) is 31.1 Å². The van der Waals surface area contributed by atoms with Gasteiger partial charge in [-0.15, -0.1) is 0 Å². The minimum atomic E-state index is 0.860. The van der Waals surface area contributed by atoms with E-state index in [0.717, 1.165) is 28.0 Å². The average molecular weight is 253 g/mol. The number of hydrogen-bond donors (Lipinski definition) is 1. The van der Waals surface area contributed by atoms with Gasteiger partial charge in [-0.25, -0.2) is 0 Å². The number of aromatic nitrogens is 3. The van der Waals surface area contributed by atoms with Crippen LogP contribution in [0.25, 0.3) is 5.57 Å².